The van der Waals surface area contributed by atoms with Gasteiger partial charge in [-0.1, -0.05) is 6.58 Å². The van der Waals surface area contributed by atoms with E-state index in [1.807, 2.05) is 0 Å². The standard InChI is InChI=1S/C11H7F11O4/c1-2-5(23)26-6(10(17,18)19)3-4(7(12,13)14)25-9(24,8(6,15)16)11(20,21)22/h2,4,24H,1,3H2. The van der Waals surface area contributed by atoms with Crippen molar-refractivity contribution >= 4 is 5.97 Å². The molecule has 1 aliphatic rings. The Labute approximate surface area is 136 Å². The van der Waals surface area contributed by atoms with Gasteiger partial charge in [0.05, 0.1) is 0 Å². The van der Waals surface area contributed by atoms with E-state index in [0.29, 0.717) is 0 Å². The van der Waals surface area contributed by atoms with Crippen molar-refractivity contribution in [2.75, 3.05) is 0 Å². The van der Waals surface area contributed by atoms with Crippen LogP contribution in [0, 0.1) is 0 Å². The molecule has 0 bridgehead atoms. The van der Waals surface area contributed by atoms with E-state index in [2.05, 4.69) is 16.1 Å². The van der Waals surface area contributed by atoms with Gasteiger partial charge in [-0.3, -0.25) is 0 Å². The summed E-state index contributed by atoms with van der Waals surface area (Å²) in [6.07, 6.45) is -27.0. The van der Waals surface area contributed by atoms with Gasteiger partial charge in [-0.05, 0) is 0 Å². The SMILES string of the molecule is C=CC(=O)OC1(C(F)(F)F)CC(C(F)(F)F)OC(O)(C(F)(F)F)C1(F)F. The summed E-state index contributed by atoms with van der Waals surface area (Å²) in [5, 5.41) is 9.04. The smallest absolute Gasteiger partial charge is 0.439 e. The molecule has 3 unspecified atom stereocenters. The van der Waals surface area contributed by atoms with E-state index < -0.39 is 54.3 Å². The van der Waals surface area contributed by atoms with Crippen LogP contribution < -0.4 is 0 Å². The van der Waals surface area contributed by atoms with Gasteiger partial charge < -0.3 is 14.6 Å². The van der Waals surface area contributed by atoms with Crippen LogP contribution in [0.5, 0.6) is 0 Å². The third kappa shape index (κ3) is 3.10. The molecule has 4 nitrogen and oxygen atoms in total. The van der Waals surface area contributed by atoms with E-state index in [1.54, 1.807) is 0 Å². The largest absolute Gasteiger partial charge is 0.449 e. The molecule has 3 atom stereocenters. The van der Waals surface area contributed by atoms with Gasteiger partial charge >= 0.3 is 36.2 Å². The summed E-state index contributed by atoms with van der Waals surface area (Å²) in [4.78, 5) is 11.0. The molecule has 152 valence electrons. The van der Waals surface area contributed by atoms with Gasteiger partial charge in [0.15, 0.2) is 6.10 Å². The lowest BCUT2D eigenvalue weighted by atomic mass is 9.79. The fourth-order valence-electron chi connectivity index (χ4n) is 2.08. The maximum Gasteiger partial charge on any atom is 0.449 e. The molecule has 0 radical (unpaired) electrons. The Morgan fingerprint density at radius 1 is 1.08 bits per heavy atom. The molecular weight excluding hydrogens is 405 g/mol. The lowest BCUT2D eigenvalue weighted by molar-refractivity contribution is -0.517. The molecule has 0 spiro atoms. The first kappa shape index (κ1) is 22.4. The normalized spacial score (nSPS) is 32.8. The molecule has 1 fully saturated rings. The minimum atomic E-state index is -6.84. The average molecular weight is 412 g/mol. The number of alkyl halides is 11. The molecule has 1 saturated heterocycles. The Kier molecular flexibility index (Phi) is 5.11. The van der Waals surface area contributed by atoms with Crippen LogP contribution in [0.25, 0.3) is 0 Å². The summed E-state index contributed by atoms with van der Waals surface area (Å²) < 4.78 is 150. The topological polar surface area (TPSA) is 55.8 Å². The van der Waals surface area contributed by atoms with E-state index in [0.717, 1.165) is 0 Å². The number of carbonyl (C=O) groups excluding carboxylic acids is 1. The van der Waals surface area contributed by atoms with Crippen LogP contribution in [0.4, 0.5) is 48.3 Å². The third-order valence-electron chi connectivity index (χ3n) is 3.37. The molecule has 15 heteroatoms. The summed E-state index contributed by atoms with van der Waals surface area (Å²) in [5.74, 6) is -15.3. The first-order valence-electron chi connectivity index (χ1n) is 6.10. The summed E-state index contributed by atoms with van der Waals surface area (Å²) in [6, 6.07) is 0. The molecule has 1 N–H and O–H groups in total. The van der Waals surface area contributed by atoms with Crippen molar-refractivity contribution in [3.63, 3.8) is 0 Å². The Hall–Kier alpha value is -1.64. The van der Waals surface area contributed by atoms with Crippen LogP contribution in [0.2, 0.25) is 0 Å². The van der Waals surface area contributed by atoms with Crippen LogP contribution in [0.1, 0.15) is 6.42 Å². The van der Waals surface area contributed by atoms with Gasteiger partial charge in [0.2, 0.25) is 0 Å². The van der Waals surface area contributed by atoms with Crippen molar-refractivity contribution in [2.45, 2.75) is 48.4 Å². The molecule has 1 heterocycles. The minimum absolute atomic E-state index is 0.200. The fourth-order valence-corrected chi connectivity index (χ4v) is 2.08. The first-order valence-corrected chi connectivity index (χ1v) is 6.10. The van der Waals surface area contributed by atoms with Gasteiger partial charge in [0.25, 0.3) is 5.60 Å². The number of ether oxygens (including phenoxy) is 2. The number of hydrogen-bond acceptors (Lipinski definition) is 4. The molecule has 0 aromatic rings. The predicted molar refractivity (Wildman–Crippen MR) is 56.6 cm³/mol. The molecule has 0 aliphatic carbocycles. The number of hydrogen-bond donors (Lipinski definition) is 1. The van der Waals surface area contributed by atoms with Gasteiger partial charge in [0, 0.05) is 12.5 Å². The van der Waals surface area contributed by atoms with Gasteiger partial charge in [-0.2, -0.15) is 48.3 Å². The second kappa shape index (κ2) is 5.94. The molecule has 26 heavy (non-hydrogen) atoms. The number of esters is 1. The molecule has 1 rings (SSSR count). The Morgan fingerprint density at radius 3 is 1.85 bits per heavy atom. The monoisotopic (exact) mass is 412 g/mol. The van der Waals surface area contributed by atoms with Gasteiger partial charge in [-0.15, -0.1) is 0 Å². The quantitative estimate of drug-likeness (QED) is 0.430. The van der Waals surface area contributed by atoms with E-state index in [1.165, 1.54) is 0 Å². The molecule has 0 amide bonds. The van der Waals surface area contributed by atoms with Crippen molar-refractivity contribution in [1.82, 2.24) is 0 Å². The molecule has 0 aromatic heterocycles. The summed E-state index contributed by atoms with van der Waals surface area (Å²) in [6.45, 7) is 2.51. The highest BCUT2D eigenvalue weighted by Gasteiger charge is 2.89. The van der Waals surface area contributed by atoms with E-state index in [-0.39, 0.29) is 6.08 Å². The van der Waals surface area contributed by atoms with E-state index in [9.17, 15) is 53.1 Å². The maximum atomic E-state index is 14.1. The van der Waals surface area contributed by atoms with Gasteiger partial charge in [0.1, 0.15) is 0 Å². The van der Waals surface area contributed by atoms with Crippen molar-refractivity contribution in [3.05, 3.63) is 12.7 Å². The van der Waals surface area contributed by atoms with Crippen LogP contribution in [0.3, 0.4) is 0 Å². The summed E-state index contributed by atoms with van der Waals surface area (Å²) in [5.41, 5.74) is -5.71. The van der Waals surface area contributed by atoms with Crippen molar-refractivity contribution in [3.8, 4) is 0 Å². The summed E-state index contributed by atoms with van der Waals surface area (Å²) in [7, 11) is 0. The van der Waals surface area contributed by atoms with Crippen LogP contribution in [-0.2, 0) is 14.3 Å². The fraction of sp³-hybridized carbons (Fsp3) is 0.727. The van der Waals surface area contributed by atoms with Crippen molar-refractivity contribution < 1.29 is 67.7 Å². The van der Waals surface area contributed by atoms with Crippen molar-refractivity contribution in [2.24, 2.45) is 0 Å². The average Bonchev–Trinajstić information content (AvgIpc) is 2.39. The zero-order valence-corrected chi connectivity index (χ0v) is 11.9. The van der Waals surface area contributed by atoms with E-state index in [4.69, 9.17) is 5.11 Å². The number of halogens is 11. The highest BCUT2D eigenvalue weighted by molar-refractivity contribution is 5.81. The highest BCUT2D eigenvalue weighted by Crippen LogP contribution is 2.61. The minimum Gasteiger partial charge on any atom is -0.439 e. The number of carbonyl (C=O) groups is 1. The maximum absolute atomic E-state index is 14.1. The van der Waals surface area contributed by atoms with Crippen molar-refractivity contribution in [1.29, 1.82) is 0 Å². The second-order valence-corrected chi connectivity index (χ2v) is 5.02. The Morgan fingerprint density at radius 2 is 1.54 bits per heavy atom. The molecular formula is C11H7F11O4. The number of aliphatic hydroxyl groups is 1. The molecule has 0 aromatic carbocycles. The van der Waals surface area contributed by atoms with Crippen LogP contribution in [0.15, 0.2) is 12.7 Å². The molecule has 1 aliphatic heterocycles. The molecule has 0 saturated carbocycles. The predicted octanol–water partition coefficient (Wildman–Crippen LogP) is 3.25. The zero-order valence-electron chi connectivity index (χ0n) is 11.9. The lowest BCUT2D eigenvalue weighted by Gasteiger charge is -2.52. The summed E-state index contributed by atoms with van der Waals surface area (Å²) >= 11 is 0. The third-order valence-corrected chi connectivity index (χ3v) is 3.37. The zero-order chi connectivity index (χ0) is 21.0. The Balaban J connectivity index is 3.83. The lowest BCUT2D eigenvalue weighted by Crippen LogP contribution is -2.79. The highest BCUT2D eigenvalue weighted by atomic mass is 19.4. The second-order valence-electron chi connectivity index (χ2n) is 5.02. The number of rotatable bonds is 2. The van der Waals surface area contributed by atoms with E-state index >= 15 is 0 Å². The Bertz CT molecular complexity index is 578. The van der Waals surface area contributed by atoms with Gasteiger partial charge in [-0.25, -0.2) is 4.79 Å². The first-order chi connectivity index (χ1) is 11.3. The van der Waals surface area contributed by atoms with Crippen LogP contribution >= 0.6 is 0 Å². The van der Waals surface area contributed by atoms with Crippen LogP contribution in [-0.4, -0.2) is 53.0 Å².